The first-order valence-electron chi connectivity index (χ1n) is 7.81. The van der Waals surface area contributed by atoms with Gasteiger partial charge in [0.25, 0.3) is 0 Å². The minimum atomic E-state index is -0.295. The van der Waals surface area contributed by atoms with Crippen LogP contribution in [0.1, 0.15) is 19.0 Å². The van der Waals surface area contributed by atoms with E-state index >= 15 is 0 Å². The monoisotopic (exact) mass is 344 g/mol. The molecule has 4 rings (SSSR count). The van der Waals surface area contributed by atoms with Crippen LogP contribution in [0.5, 0.6) is 0 Å². The molecular weight excluding hydrogens is 328 g/mol. The average Bonchev–Trinajstić information content (AvgIpc) is 2.92. The molecule has 24 heavy (non-hydrogen) atoms. The van der Waals surface area contributed by atoms with Crippen molar-refractivity contribution in [1.29, 1.82) is 0 Å². The van der Waals surface area contributed by atoms with Crippen LogP contribution >= 0.6 is 11.6 Å². The number of pyridine rings is 1. The van der Waals surface area contributed by atoms with Crippen LogP contribution in [0.3, 0.4) is 0 Å². The maximum absolute atomic E-state index is 12.9. The SMILES string of the molecule is CC12CCN(C1)c1ccc(Cl)nc1N2C(=O)NCc1cnccn1. The van der Waals surface area contributed by atoms with E-state index < -0.39 is 0 Å². The molecule has 0 radical (unpaired) electrons. The summed E-state index contributed by atoms with van der Waals surface area (Å²) in [7, 11) is 0. The van der Waals surface area contributed by atoms with Gasteiger partial charge in [-0.1, -0.05) is 11.6 Å². The molecular formula is C16H17ClN6O. The fourth-order valence-corrected chi connectivity index (χ4v) is 3.57. The highest BCUT2D eigenvalue weighted by Gasteiger charge is 2.48. The molecule has 1 unspecified atom stereocenters. The Bertz CT molecular complexity index is 785. The van der Waals surface area contributed by atoms with Crippen molar-refractivity contribution < 1.29 is 4.79 Å². The number of urea groups is 1. The highest BCUT2D eigenvalue weighted by atomic mass is 35.5. The predicted octanol–water partition coefficient (Wildman–Crippen LogP) is 2.22. The van der Waals surface area contributed by atoms with Crippen LogP contribution in [0.2, 0.25) is 5.15 Å². The van der Waals surface area contributed by atoms with Gasteiger partial charge in [-0.05, 0) is 25.5 Å². The third kappa shape index (κ3) is 2.45. The number of halogens is 1. The molecule has 8 heteroatoms. The lowest BCUT2D eigenvalue weighted by Crippen LogP contribution is -2.58. The zero-order valence-corrected chi connectivity index (χ0v) is 14.0. The number of aromatic nitrogens is 3. The maximum atomic E-state index is 12.9. The summed E-state index contributed by atoms with van der Waals surface area (Å²) >= 11 is 6.07. The largest absolute Gasteiger partial charge is 0.366 e. The smallest absolute Gasteiger partial charge is 0.324 e. The Kier molecular flexibility index (Phi) is 3.53. The van der Waals surface area contributed by atoms with E-state index in [-0.39, 0.29) is 11.6 Å². The van der Waals surface area contributed by atoms with Crippen molar-refractivity contribution in [3.8, 4) is 0 Å². The number of hydrogen-bond donors (Lipinski definition) is 1. The molecule has 124 valence electrons. The minimum Gasteiger partial charge on any atom is -0.366 e. The topological polar surface area (TPSA) is 74.2 Å². The molecule has 2 amide bonds. The molecule has 2 aliphatic heterocycles. The Labute approximate surface area is 144 Å². The summed E-state index contributed by atoms with van der Waals surface area (Å²) in [6.45, 7) is 4.10. The van der Waals surface area contributed by atoms with Crippen molar-refractivity contribution in [3.05, 3.63) is 41.6 Å². The first kappa shape index (κ1) is 15.1. The molecule has 2 aromatic rings. The molecule has 1 saturated heterocycles. The lowest BCUT2D eigenvalue weighted by molar-refractivity contribution is 0.238. The van der Waals surface area contributed by atoms with Gasteiger partial charge in [0.1, 0.15) is 5.15 Å². The van der Waals surface area contributed by atoms with E-state index in [9.17, 15) is 4.79 Å². The van der Waals surface area contributed by atoms with E-state index in [1.165, 1.54) is 0 Å². The van der Waals surface area contributed by atoms with E-state index in [0.717, 1.165) is 25.2 Å². The summed E-state index contributed by atoms with van der Waals surface area (Å²) in [5.74, 6) is 0.616. The molecule has 2 aliphatic rings. The second kappa shape index (κ2) is 5.59. The molecule has 1 atom stereocenters. The third-order valence-electron chi connectivity index (χ3n) is 4.61. The number of rotatable bonds is 2. The fraction of sp³-hybridized carbons (Fsp3) is 0.375. The van der Waals surface area contributed by atoms with Crippen LogP contribution in [0, 0.1) is 0 Å². The molecule has 1 fully saturated rings. The number of nitrogens with zero attached hydrogens (tertiary/aromatic N) is 5. The Balaban J connectivity index is 1.64. The summed E-state index contributed by atoms with van der Waals surface area (Å²) in [4.78, 5) is 29.5. The van der Waals surface area contributed by atoms with Crippen LogP contribution in [-0.4, -0.2) is 39.6 Å². The van der Waals surface area contributed by atoms with Crippen molar-refractivity contribution in [2.75, 3.05) is 22.9 Å². The lowest BCUT2D eigenvalue weighted by Gasteiger charge is -2.42. The number of fused-ring (bicyclic) bond motifs is 4. The van der Waals surface area contributed by atoms with Crippen LogP contribution in [0.15, 0.2) is 30.7 Å². The van der Waals surface area contributed by atoms with Gasteiger partial charge in [0.15, 0.2) is 5.82 Å². The van der Waals surface area contributed by atoms with Gasteiger partial charge in [0.2, 0.25) is 0 Å². The predicted molar refractivity (Wildman–Crippen MR) is 91.2 cm³/mol. The lowest BCUT2D eigenvalue weighted by atomic mass is 9.97. The summed E-state index contributed by atoms with van der Waals surface area (Å²) in [6, 6.07) is 3.50. The first-order chi connectivity index (χ1) is 11.6. The number of carbonyl (C=O) groups excluding carboxylic acids is 1. The van der Waals surface area contributed by atoms with E-state index in [4.69, 9.17) is 11.6 Å². The molecule has 2 bridgehead atoms. The third-order valence-corrected chi connectivity index (χ3v) is 4.82. The van der Waals surface area contributed by atoms with Crippen LogP contribution in [0.4, 0.5) is 16.3 Å². The van der Waals surface area contributed by atoms with Crippen molar-refractivity contribution in [2.45, 2.75) is 25.4 Å². The maximum Gasteiger partial charge on any atom is 0.324 e. The standard InChI is InChI=1S/C16H17ClN6O/c1-16-4-7-22(10-16)12-2-3-13(17)21-14(12)23(16)15(24)20-9-11-8-18-5-6-19-11/h2-3,5-6,8H,4,7,9-10H2,1H3,(H,20,24). The number of hydrogen-bond acceptors (Lipinski definition) is 5. The van der Waals surface area contributed by atoms with Gasteiger partial charge in [-0.15, -0.1) is 0 Å². The van der Waals surface area contributed by atoms with Gasteiger partial charge < -0.3 is 10.2 Å². The summed E-state index contributed by atoms with van der Waals surface area (Å²) in [5, 5.41) is 3.30. The fourth-order valence-electron chi connectivity index (χ4n) is 3.43. The zero-order valence-electron chi connectivity index (χ0n) is 13.2. The van der Waals surface area contributed by atoms with E-state index in [1.807, 2.05) is 6.07 Å². The van der Waals surface area contributed by atoms with Crippen LogP contribution in [0.25, 0.3) is 0 Å². The summed E-state index contributed by atoms with van der Waals surface area (Å²) in [5.41, 5.74) is 1.36. The zero-order chi connectivity index (χ0) is 16.7. The molecule has 2 aromatic heterocycles. The quantitative estimate of drug-likeness (QED) is 0.846. The van der Waals surface area contributed by atoms with E-state index in [1.54, 1.807) is 29.6 Å². The van der Waals surface area contributed by atoms with E-state index in [0.29, 0.717) is 23.2 Å². The highest BCUT2D eigenvalue weighted by Crippen LogP contribution is 2.44. The molecule has 4 heterocycles. The number of carbonyl (C=O) groups is 1. The van der Waals surface area contributed by atoms with Gasteiger partial charge in [-0.25, -0.2) is 9.78 Å². The second-order valence-corrected chi connectivity index (χ2v) is 6.72. The van der Waals surface area contributed by atoms with Crippen molar-refractivity contribution in [2.24, 2.45) is 0 Å². The summed E-state index contributed by atoms with van der Waals surface area (Å²) < 4.78 is 0. The van der Waals surface area contributed by atoms with Crippen molar-refractivity contribution >= 4 is 29.1 Å². The highest BCUT2D eigenvalue weighted by molar-refractivity contribution is 6.29. The van der Waals surface area contributed by atoms with Gasteiger partial charge >= 0.3 is 6.03 Å². The second-order valence-electron chi connectivity index (χ2n) is 6.34. The number of amides is 2. The normalized spacial score (nSPS) is 21.6. The Morgan fingerprint density at radius 1 is 1.42 bits per heavy atom. The first-order valence-corrected chi connectivity index (χ1v) is 8.19. The van der Waals surface area contributed by atoms with Crippen molar-refractivity contribution in [3.63, 3.8) is 0 Å². The van der Waals surface area contributed by atoms with E-state index in [2.05, 4.69) is 32.1 Å². The molecule has 0 spiro atoms. The minimum absolute atomic E-state index is 0.194. The molecule has 0 aromatic carbocycles. The Morgan fingerprint density at radius 2 is 2.29 bits per heavy atom. The average molecular weight is 345 g/mol. The van der Waals surface area contributed by atoms with Crippen LogP contribution in [-0.2, 0) is 6.54 Å². The molecule has 0 aliphatic carbocycles. The molecule has 1 N–H and O–H groups in total. The van der Waals surface area contributed by atoms with Gasteiger partial charge in [-0.2, -0.15) is 0 Å². The number of nitrogens with one attached hydrogen (secondary N) is 1. The summed E-state index contributed by atoms with van der Waals surface area (Å²) in [6.07, 6.45) is 5.74. The Hall–Kier alpha value is -2.41. The number of anilines is 2. The van der Waals surface area contributed by atoms with Gasteiger partial charge in [0.05, 0.1) is 29.7 Å². The molecule has 7 nitrogen and oxygen atoms in total. The van der Waals surface area contributed by atoms with Crippen molar-refractivity contribution in [1.82, 2.24) is 20.3 Å². The molecule has 0 saturated carbocycles. The van der Waals surface area contributed by atoms with Gasteiger partial charge in [0, 0.05) is 25.5 Å². The van der Waals surface area contributed by atoms with Crippen LogP contribution < -0.4 is 15.1 Å². The van der Waals surface area contributed by atoms with Gasteiger partial charge in [-0.3, -0.25) is 14.9 Å². The Morgan fingerprint density at radius 3 is 3.08 bits per heavy atom.